The zero-order valence-corrected chi connectivity index (χ0v) is 8.02. The quantitative estimate of drug-likeness (QED) is 0.760. The average Bonchev–Trinajstić information content (AvgIpc) is 2.94. The van der Waals surface area contributed by atoms with Gasteiger partial charge >= 0.3 is 0 Å². The minimum Gasteiger partial charge on any atom is -0.456 e. The Hall–Kier alpha value is -1.42. The number of benzene rings is 1. The molecule has 0 heterocycles. The van der Waals surface area contributed by atoms with Gasteiger partial charge in [0.05, 0.1) is 6.61 Å². The number of rotatable bonds is 4. The summed E-state index contributed by atoms with van der Waals surface area (Å²) in [6.07, 6.45) is 0.547. The number of hydrogen-bond acceptors (Lipinski definition) is 3. The van der Waals surface area contributed by atoms with Crippen LogP contribution in [0.1, 0.15) is 12.0 Å². The van der Waals surface area contributed by atoms with Crippen molar-refractivity contribution in [3.8, 4) is 0 Å². The molecule has 1 aromatic carbocycles. The van der Waals surface area contributed by atoms with Crippen LogP contribution in [0.4, 0.5) is 4.39 Å². The Morgan fingerprint density at radius 2 is 2.47 bits per heavy atom. The largest absolute Gasteiger partial charge is 0.456 e. The predicted octanol–water partition coefficient (Wildman–Crippen LogP) is 1.21. The van der Waals surface area contributed by atoms with Gasteiger partial charge in [-0.1, -0.05) is 12.1 Å². The Morgan fingerprint density at radius 3 is 3.00 bits per heavy atom. The first-order chi connectivity index (χ1) is 7.23. The zero-order valence-electron chi connectivity index (χ0n) is 8.02. The smallest absolute Gasteiger partial charge is 0.293 e. The van der Waals surface area contributed by atoms with Gasteiger partial charge in [-0.15, -0.1) is 0 Å². The summed E-state index contributed by atoms with van der Waals surface area (Å²) in [7, 11) is 0. The average molecular weight is 210 g/mol. The lowest BCUT2D eigenvalue weighted by molar-refractivity contribution is -0.137. The lowest BCUT2D eigenvalue weighted by Gasteiger charge is -2.15. The molecule has 1 saturated carbocycles. The molecular formula is C11H11FO3. The van der Waals surface area contributed by atoms with Crippen molar-refractivity contribution in [3.05, 3.63) is 35.6 Å². The van der Waals surface area contributed by atoms with Gasteiger partial charge in [-0.05, 0) is 17.7 Å². The summed E-state index contributed by atoms with van der Waals surface area (Å²) in [5, 5.41) is 9.01. The summed E-state index contributed by atoms with van der Waals surface area (Å²) >= 11 is 0. The molecule has 0 unspecified atom stereocenters. The zero-order chi connectivity index (χ0) is 10.9. The van der Waals surface area contributed by atoms with E-state index in [4.69, 9.17) is 9.84 Å². The molecule has 0 bridgehead atoms. The highest BCUT2D eigenvalue weighted by atomic mass is 19.1. The summed E-state index contributed by atoms with van der Waals surface area (Å²) in [6.45, 7) is 0.283. The molecule has 1 aromatic rings. The fourth-order valence-corrected chi connectivity index (χ4v) is 1.92. The van der Waals surface area contributed by atoms with Crippen LogP contribution in [-0.4, -0.2) is 18.2 Å². The van der Waals surface area contributed by atoms with Gasteiger partial charge in [0.25, 0.3) is 6.47 Å². The van der Waals surface area contributed by atoms with E-state index in [1.807, 2.05) is 0 Å². The molecular weight excluding hydrogens is 199 g/mol. The molecule has 0 radical (unpaired) electrons. The normalized spacial score (nSPS) is 28.5. The van der Waals surface area contributed by atoms with E-state index in [1.165, 1.54) is 12.1 Å². The highest BCUT2D eigenvalue weighted by Crippen LogP contribution is 2.54. The molecule has 1 N–H and O–H groups in total. The summed E-state index contributed by atoms with van der Waals surface area (Å²) < 4.78 is 18.0. The van der Waals surface area contributed by atoms with E-state index < -0.39 is 5.60 Å². The molecule has 3 nitrogen and oxygen atoms in total. The first-order valence-electron chi connectivity index (χ1n) is 4.71. The van der Waals surface area contributed by atoms with E-state index in [-0.39, 0.29) is 18.3 Å². The molecule has 0 aliphatic heterocycles. The van der Waals surface area contributed by atoms with Crippen molar-refractivity contribution in [2.24, 2.45) is 5.92 Å². The molecule has 4 heteroatoms. The summed E-state index contributed by atoms with van der Waals surface area (Å²) in [4.78, 5) is 10.4. The predicted molar refractivity (Wildman–Crippen MR) is 50.4 cm³/mol. The second-order valence-corrected chi connectivity index (χ2v) is 3.70. The number of aliphatic hydroxyl groups excluding tert-OH is 1. The molecule has 2 atom stereocenters. The standard InChI is InChI=1S/C11H11FO3/c12-10-3-1-2-8(4-10)11(15-7-14)5-9(11)6-13/h1-4,7,9,13H,5-6H2/t9-,11+/m0/s1. The number of hydrogen-bond donors (Lipinski definition) is 1. The fourth-order valence-electron chi connectivity index (χ4n) is 1.92. The number of carbonyl (C=O) groups excluding carboxylic acids is 1. The van der Waals surface area contributed by atoms with Gasteiger partial charge in [0.1, 0.15) is 11.4 Å². The topological polar surface area (TPSA) is 46.5 Å². The van der Waals surface area contributed by atoms with Crippen molar-refractivity contribution in [2.75, 3.05) is 6.61 Å². The molecule has 0 spiro atoms. The van der Waals surface area contributed by atoms with Gasteiger partial charge in [0, 0.05) is 12.3 Å². The lowest BCUT2D eigenvalue weighted by atomic mass is 10.1. The van der Waals surface area contributed by atoms with Crippen molar-refractivity contribution >= 4 is 6.47 Å². The maximum absolute atomic E-state index is 13.0. The Morgan fingerprint density at radius 1 is 1.67 bits per heavy atom. The summed E-state index contributed by atoms with van der Waals surface area (Å²) in [5.74, 6) is -0.491. The molecule has 0 amide bonds. The molecule has 1 fully saturated rings. The first-order valence-corrected chi connectivity index (χ1v) is 4.71. The van der Waals surface area contributed by atoms with Crippen LogP contribution in [0.2, 0.25) is 0 Å². The van der Waals surface area contributed by atoms with Crippen LogP contribution < -0.4 is 0 Å². The molecule has 15 heavy (non-hydrogen) atoms. The van der Waals surface area contributed by atoms with Gasteiger partial charge < -0.3 is 9.84 Å². The second kappa shape index (κ2) is 3.62. The Bertz CT molecular complexity index is 380. The highest BCUT2D eigenvalue weighted by molar-refractivity contribution is 5.43. The Balaban J connectivity index is 2.31. The fraction of sp³-hybridized carbons (Fsp3) is 0.364. The SMILES string of the molecule is O=CO[C@@]1(c2cccc(F)c2)C[C@H]1CO. The Kier molecular flexibility index (Phi) is 2.44. The van der Waals surface area contributed by atoms with Gasteiger partial charge in [0.15, 0.2) is 0 Å². The lowest BCUT2D eigenvalue weighted by Crippen LogP contribution is -2.16. The minimum atomic E-state index is -0.807. The number of ether oxygens (including phenoxy) is 1. The molecule has 1 aliphatic rings. The van der Waals surface area contributed by atoms with Crippen molar-refractivity contribution in [1.82, 2.24) is 0 Å². The van der Waals surface area contributed by atoms with Gasteiger partial charge in [-0.3, -0.25) is 4.79 Å². The van der Waals surface area contributed by atoms with Gasteiger partial charge in [-0.2, -0.15) is 0 Å². The molecule has 0 saturated heterocycles. The Labute approximate surface area is 86.5 Å². The molecule has 1 aliphatic carbocycles. The van der Waals surface area contributed by atoms with Crippen LogP contribution in [0.3, 0.4) is 0 Å². The van der Waals surface area contributed by atoms with E-state index in [0.717, 1.165) is 0 Å². The minimum absolute atomic E-state index is 0.0651. The third-order valence-electron chi connectivity index (χ3n) is 2.84. The van der Waals surface area contributed by atoms with Crippen LogP contribution in [0.15, 0.2) is 24.3 Å². The molecule has 80 valence electrons. The molecule has 0 aromatic heterocycles. The van der Waals surface area contributed by atoms with Crippen molar-refractivity contribution in [1.29, 1.82) is 0 Å². The number of halogens is 1. The maximum atomic E-state index is 13.0. The van der Waals surface area contributed by atoms with Crippen LogP contribution in [0, 0.1) is 11.7 Å². The van der Waals surface area contributed by atoms with Crippen molar-refractivity contribution in [3.63, 3.8) is 0 Å². The van der Waals surface area contributed by atoms with E-state index in [2.05, 4.69) is 0 Å². The van der Waals surface area contributed by atoms with Crippen molar-refractivity contribution < 1.29 is 19.0 Å². The summed E-state index contributed by atoms with van der Waals surface area (Å²) in [5.41, 5.74) is -0.202. The van der Waals surface area contributed by atoms with Crippen LogP contribution in [0.5, 0.6) is 0 Å². The molecule has 2 rings (SSSR count). The third-order valence-corrected chi connectivity index (χ3v) is 2.84. The van der Waals surface area contributed by atoms with E-state index in [9.17, 15) is 9.18 Å². The highest BCUT2D eigenvalue weighted by Gasteiger charge is 2.57. The van der Waals surface area contributed by atoms with E-state index >= 15 is 0 Å². The summed E-state index contributed by atoms with van der Waals surface area (Å²) in [6, 6.07) is 5.92. The van der Waals surface area contributed by atoms with Crippen LogP contribution >= 0.6 is 0 Å². The van der Waals surface area contributed by atoms with Gasteiger partial charge in [0.2, 0.25) is 0 Å². The van der Waals surface area contributed by atoms with Gasteiger partial charge in [-0.25, -0.2) is 4.39 Å². The van der Waals surface area contributed by atoms with E-state index in [1.54, 1.807) is 12.1 Å². The van der Waals surface area contributed by atoms with E-state index in [0.29, 0.717) is 18.5 Å². The van der Waals surface area contributed by atoms with Crippen LogP contribution in [-0.2, 0) is 15.1 Å². The second-order valence-electron chi connectivity index (χ2n) is 3.70. The number of aliphatic hydroxyl groups is 1. The van der Waals surface area contributed by atoms with Crippen molar-refractivity contribution in [2.45, 2.75) is 12.0 Å². The first kappa shape index (κ1) is 10.1. The third kappa shape index (κ3) is 1.61. The maximum Gasteiger partial charge on any atom is 0.293 e. The van der Waals surface area contributed by atoms with Crippen LogP contribution in [0.25, 0.3) is 0 Å². The number of carbonyl (C=O) groups is 1. The monoisotopic (exact) mass is 210 g/mol.